The minimum Gasteiger partial charge on any atom is -0.507 e. The molecule has 0 fully saturated rings. The van der Waals surface area contributed by atoms with E-state index in [2.05, 4.69) is 9.98 Å². The van der Waals surface area contributed by atoms with Gasteiger partial charge in [0.05, 0.1) is 18.5 Å². The first-order valence-electron chi connectivity index (χ1n) is 8.63. The lowest BCUT2D eigenvalue weighted by Crippen LogP contribution is -2.72. The molecule has 1 unspecified atom stereocenters. The van der Waals surface area contributed by atoms with Gasteiger partial charge in [0.1, 0.15) is 17.0 Å². The fourth-order valence-electron chi connectivity index (χ4n) is 4.03. The molecule has 0 bridgehead atoms. The van der Waals surface area contributed by atoms with Crippen LogP contribution in [-0.4, -0.2) is 20.4 Å². The molecule has 0 radical (unpaired) electrons. The number of nitrogens with one attached hydrogen (secondary N) is 2. The summed E-state index contributed by atoms with van der Waals surface area (Å²) in [5, 5.41) is 11.0. The number of fused-ring (bicyclic) bond motifs is 4. The van der Waals surface area contributed by atoms with E-state index in [0.29, 0.717) is 22.5 Å². The summed E-state index contributed by atoms with van der Waals surface area (Å²) in [6, 6.07) is 17.1. The maximum absolute atomic E-state index is 12.8. The first-order chi connectivity index (χ1) is 13.1. The molecule has 1 aromatic heterocycles. The van der Waals surface area contributed by atoms with E-state index in [1.54, 1.807) is 7.05 Å². The van der Waals surface area contributed by atoms with Crippen LogP contribution in [-0.2, 0) is 7.05 Å². The highest BCUT2D eigenvalue weighted by Gasteiger charge is 2.43. The molecule has 1 aliphatic carbocycles. The Morgan fingerprint density at radius 2 is 1.67 bits per heavy atom. The first-order valence-corrected chi connectivity index (χ1v) is 8.63. The summed E-state index contributed by atoms with van der Waals surface area (Å²) >= 11 is 0. The van der Waals surface area contributed by atoms with Crippen LogP contribution in [0.1, 0.15) is 28.2 Å². The zero-order valence-corrected chi connectivity index (χ0v) is 14.5. The minimum atomic E-state index is -0.486. The summed E-state index contributed by atoms with van der Waals surface area (Å²) < 4.78 is 1.40. The van der Waals surface area contributed by atoms with Crippen molar-refractivity contribution in [2.75, 3.05) is 0 Å². The number of rotatable bonds is 1. The number of allylic oxidation sites excluding steroid dienone is 1. The molecule has 1 atom stereocenters. The number of benzene rings is 2. The number of hydrogen-bond acceptors (Lipinski definition) is 3. The number of nitrogens with zero attached hydrogens (tertiary/aromatic N) is 1. The maximum Gasteiger partial charge on any atom is 0.415 e. The molecule has 1 aliphatic heterocycles. The molecule has 5 rings (SSSR count). The van der Waals surface area contributed by atoms with Crippen LogP contribution < -0.4 is 16.2 Å². The molecule has 2 aromatic carbocycles. The predicted molar refractivity (Wildman–Crippen MR) is 101 cm³/mol. The van der Waals surface area contributed by atoms with Crippen molar-refractivity contribution in [3.8, 4) is 0 Å². The molecule has 6 heteroatoms. The molecule has 3 N–H and O–H groups in total. The monoisotopic (exact) mass is 358 g/mol. The van der Waals surface area contributed by atoms with Gasteiger partial charge < -0.3 is 5.11 Å². The Labute approximate surface area is 153 Å². The second-order valence-corrected chi connectivity index (χ2v) is 6.73. The summed E-state index contributed by atoms with van der Waals surface area (Å²) in [6.07, 6.45) is 0. The molecule has 0 amide bonds. The van der Waals surface area contributed by atoms with Gasteiger partial charge in [-0.25, -0.2) is 9.79 Å². The van der Waals surface area contributed by atoms with Crippen molar-refractivity contribution in [3.63, 3.8) is 0 Å². The quantitative estimate of drug-likeness (QED) is 0.598. The Balaban J connectivity index is 1.94. The smallest absolute Gasteiger partial charge is 0.415 e. The molecule has 0 saturated heterocycles. The fraction of sp³-hybridized carbons (Fsp3) is 0.0952. The second-order valence-electron chi connectivity index (χ2n) is 6.73. The van der Waals surface area contributed by atoms with Gasteiger partial charge >= 0.3 is 5.69 Å². The van der Waals surface area contributed by atoms with Crippen LogP contribution >= 0.6 is 0 Å². The Bertz CT molecular complexity index is 1280. The number of aliphatic hydroxyl groups excluding tert-OH is 1. The molecule has 0 saturated carbocycles. The van der Waals surface area contributed by atoms with E-state index in [1.165, 1.54) is 4.57 Å². The highest BCUT2D eigenvalue weighted by atomic mass is 16.3. The van der Waals surface area contributed by atoms with Crippen molar-refractivity contribution >= 4 is 17.3 Å². The molecule has 3 aromatic rings. The molecule has 6 nitrogen and oxygen atoms in total. The van der Waals surface area contributed by atoms with Crippen molar-refractivity contribution in [2.24, 2.45) is 7.05 Å². The summed E-state index contributed by atoms with van der Waals surface area (Å²) in [4.78, 5) is 30.5. The van der Waals surface area contributed by atoms with Crippen LogP contribution in [0.3, 0.4) is 0 Å². The standard InChI is InChI=1S/C21H15N3O3/c1-24-19-16(20(26)23-21(24)27)14(11-7-3-2-4-8-11)15-17(22-19)12-9-5-6-10-13(12)18(15)25/h2-10,14,25H,1H3,(H,23,26,27)/p+1. The molecule has 27 heavy (non-hydrogen) atoms. The van der Waals surface area contributed by atoms with Crippen LogP contribution in [0, 0.1) is 0 Å². The third-order valence-corrected chi connectivity index (χ3v) is 5.29. The Morgan fingerprint density at radius 3 is 2.41 bits per heavy atom. The molecule has 2 heterocycles. The number of aromatic amines is 1. The number of aliphatic hydroxyl groups is 1. The third kappa shape index (κ3) is 2.04. The van der Waals surface area contributed by atoms with Gasteiger partial charge in [-0.05, 0) is 11.6 Å². The van der Waals surface area contributed by atoms with E-state index >= 15 is 0 Å². The lowest BCUT2D eigenvalue weighted by atomic mass is 9.81. The molecule has 132 valence electrons. The van der Waals surface area contributed by atoms with Gasteiger partial charge in [-0.3, -0.25) is 9.78 Å². The van der Waals surface area contributed by atoms with Crippen LogP contribution in [0.15, 0.2) is 69.8 Å². The average Bonchev–Trinajstić information content (AvgIpc) is 2.98. The van der Waals surface area contributed by atoms with Gasteiger partial charge in [0.2, 0.25) is 0 Å². The van der Waals surface area contributed by atoms with Crippen LogP contribution in [0.4, 0.5) is 5.82 Å². The van der Waals surface area contributed by atoms with Crippen molar-refractivity contribution in [1.82, 2.24) is 9.55 Å². The van der Waals surface area contributed by atoms with Gasteiger partial charge in [0.25, 0.3) is 11.4 Å². The van der Waals surface area contributed by atoms with Crippen LogP contribution in [0.2, 0.25) is 0 Å². The zero-order valence-electron chi connectivity index (χ0n) is 14.5. The SMILES string of the molecule is Cn1c2c(c(=O)[nH]c1=O)C(c1ccccc1)C1=C(O)c3ccccc3C1=[NH+]2. The van der Waals surface area contributed by atoms with Gasteiger partial charge in [-0.2, -0.15) is 4.57 Å². The summed E-state index contributed by atoms with van der Waals surface area (Å²) in [7, 11) is 1.61. The maximum atomic E-state index is 12.8. The Morgan fingerprint density at radius 1 is 1.00 bits per heavy atom. The van der Waals surface area contributed by atoms with Gasteiger partial charge in [0.15, 0.2) is 0 Å². The third-order valence-electron chi connectivity index (χ3n) is 5.29. The number of aromatic nitrogens is 2. The largest absolute Gasteiger partial charge is 0.507 e. The van der Waals surface area contributed by atoms with Crippen LogP contribution in [0.25, 0.3) is 5.76 Å². The Kier molecular flexibility index (Phi) is 3.12. The van der Waals surface area contributed by atoms with Crippen molar-refractivity contribution < 1.29 is 10.1 Å². The van der Waals surface area contributed by atoms with Crippen molar-refractivity contribution in [2.45, 2.75) is 5.92 Å². The number of hydrogen-bond donors (Lipinski definition) is 3. The first kappa shape index (κ1) is 15.6. The van der Waals surface area contributed by atoms with Crippen molar-refractivity contribution in [3.05, 3.63) is 103 Å². The Hall–Kier alpha value is -3.67. The molecular weight excluding hydrogens is 342 g/mol. The van der Waals surface area contributed by atoms with Gasteiger partial charge in [-0.1, -0.05) is 48.5 Å². The summed E-state index contributed by atoms with van der Waals surface area (Å²) in [5.74, 6) is 0.113. The molecule has 2 aliphatic rings. The van der Waals surface area contributed by atoms with E-state index in [0.717, 1.165) is 16.8 Å². The summed E-state index contributed by atoms with van der Waals surface area (Å²) in [5.41, 5.74) is 3.29. The van der Waals surface area contributed by atoms with E-state index in [9.17, 15) is 14.7 Å². The minimum absolute atomic E-state index is 0.154. The lowest BCUT2D eigenvalue weighted by molar-refractivity contribution is -0.363. The normalized spacial score (nSPS) is 17.2. The highest BCUT2D eigenvalue weighted by molar-refractivity contribution is 6.21. The second kappa shape index (κ2) is 5.41. The topological polar surface area (TPSA) is 89.1 Å². The van der Waals surface area contributed by atoms with Crippen LogP contribution in [0.5, 0.6) is 0 Å². The van der Waals surface area contributed by atoms with Crippen molar-refractivity contribution in [1.29, 1.82) is 0 Å². The average molecular weight is 358 g/mol. The van der Waals surface area contributed by atoms with E-state index in [1.807, 2.05) is 54.6 Å². The van der Waals surface area contributed by atoms with E-state index in [-0.39, 0.29) is 5.76 Å². The highest BCUT2D eigenvalue weighted by Crippen LogP contribution is 2.43. The van der Waals surface area contributed by atoms with Gasteiger partial charge in [0, 0.05) is 11.1 Å². The van der Waals surface area contributed by atoms with Gasteiger partial charge in [-0.15, -0.1) is 0 Å². The molecular formula is C21H16N3O3+. The fourth-order valence-corrected chi connectivity index (χ4v) is 4.03. The van der Waals surface area contributed by atoms with E-state index in [4.69, 9.17) is 0 Å². The predicted octanol–water partition coefficient (Wildman–Crippen LogP) is 0.703. The summed E-state index contributed by atoms with van der Waals surface area (Å²) in [6.45, 7) is 0. The number of H-pyrrole nitrogens is 1. The lowest BCUT2D eigenvalue weighted by Gasteiger charge is -2.23. The van der Waals surface area contributed by atoms with E-state index < -0.39 is 17.2 Å². The zero-order chi connectivity index (χ0) is 18.7. The molecule has 0 spiro atoms.